The highest BCUT2D eigenvalue weighted by Gasteiger charge is 2.07. The maximum absolute atomic E-state index is 9.90. The average Bonchev–Trinajstić information content (AvgIpc) is 2.74. The number of fused-ring (bicyclic) bond motifs is 1. The average molecular weight is 371 g/mol. The van der Waals surface area contributed by atoms with Crippen molar-refractivity contribution in [2.24, 2.45) is 4.99 Å². The molecule has 0 amide bonds. The quantitative estimate of drug-likeness (QED) is 0.540. The van der Waals surface area contributed by atoms with Gasteiger partial charge >= 0.3 is 0 Å². The molecular formula is C24H21NO3. The van der Waals surface area contributed by atoms with Crippen LogP contribution in [0.1, 0.15) is 5.56 Å². The van der Waals surface area contributed by atoms with E-state index in [9.17, 15) is 5.11 Å². The first kappa shape index (κ1) is 17.9. The van der Waals surface area contributed by atoms with E-state index in [2.05, 4.69) is 12.1 Å². The van der Waals surface area contributed by atoms with Gasteiger partial charge in [-0.2, -0.15) is 0 Å². The monoisotopic (exact) mass is 371 g/mol. The molecule has 4 aromatic rings. The van der Waals surface area contributed by atoms with Crippen LogP contribution in [0.2, 0.25) is 0 Å². The topological polar surface area (TPSA) is 55.0 Å². The van der Waals surface area contributed by atoms with E-state index in [4.69, 9.17) is 14.1 Å². The van der Waals surface area contributed by atoms with E-state index >= 15 is 0 Å². The number of phenolic OH excluding ortho intramolecular Hbond substituents is 1. The van der Waals surface area contributed by atoms with Gasteiger partial charge in [-0.05, 0) is 54.4 Å². The van der Waals surface area contributed by atoms with E-state index < -0.39 is 0 Å². The van der Waals surface area contributed by atoms with Gasteiger partial charge in [0.1, 0.15) is 22.8 Å². The molecule has 0 aliphatic carbocycles. The van der Waals surface area contributed by atoms with Crippen LogP contribution >= 0.6 is 0 Å². The molecule has 0 aliphatic heterocycles. The Morgan fingerprint density at radius 1 is 0.929 bits per heavy atom. The van der Waals surface area contributed by atoms with E-state index in [0.717, 1.165) is 34.2 Å². The number of benzene rings is 3. The molecule has 4 rings (SSSR count). The fourth-order valence-electron chi connectivity index (χ4n) is 3.14. The molecule has 0 fully saturated rings. The molecule has 4 heteroatoms. The third kappa shape index (κ3) is 3.91. The van der Waals surface area contributed by atoms with Crippen LogP contribution in [-0.2, 0) is 6.42 Å². The van der Waals surface area contributed by atoms with E-state index in [1.807, 2.05) is 48.5 Å². The lowest BCUT2D eigenvalue weighted by atomic mass is 10.1. The van der Waals surface area contributed by atoms with Crippen molar-refractivity contribution < 1.29 is 14.3 Å². The van der Waals surface area contributed by atoms with E-state index in [-0.39, 0.29) is 5.75 Å². The standard InChI is InChI=1S/C24H21NO3/c1-27-20-10-7-18(8-11-20)24-16-22(21-15-19(26)9-12-23(21)28-24)25-14-13-17-5-3-2-4-6-17/h2-12,15-16,26H,13-14H2,1H3. The molecule has 1 N–H and O–H groups in total. The highest BCUT2D eigenvalue weighted by Crippen LogP contribution is 2.25. The van der Waals surface area contributed by atoms with Crippen molar-refractivity contribution >= 4 is 11.0 Å². The highest BCUT2D eigenvalue weighted by atomic mass is 16.5. The summed E-state index contributed by atoms with van der Waals surface area (Å²) in [5.41, 5.74) is 2.87. The third-order valence-electron chi connectivity index (χ3n) is 4.63. The number of methoxy groups -OCH3 is 1. The number of rotatable bonds is 5. The summed E-state index contributed by atoms with van der Waals surface area (Å²) in [6.45, 7) is 0.654. The van der Waals surface area contributed by atoms with Crippen LogP contribution in [0.5, 0.6) is 11.5 Å². The van der Waals surface area contributed by atoms with Crippen LogP contribution in [0, 0.1) is 0 Å². The Balaban J connectivity index is 1.75. The summed E-state index contributed by atoms with van der Waals surface area (Å²) in [4.78, 5) is 4.79. The molecule has 0 bridgehead atoms. The van der Waals surface area contributed by atoms with Gasteiger partial charge in [0.25, 0.3) is 0 Å². The summed E-state index contributed by atoms with van der Waals surface area (Å²) in [6.07, 6.45) is 0.852. The summed E-state index contributed by atoms with van der Waals surface area (Å²) >= 11 is 0. The van der Waals surface area contributed by atoms with Crippen LogP contribution in [0.15, 0.2) is 88.3 Å². The molecule has 0 saturated heterocycles. The van der Waals surface area contributed by atoms with Crippen LogP contribution in [0.3, 0.4) is 0 Å². The highest BCUT2D eigenvalue weighted by molar-refractivity contribution is 5.80. The smallest absolute Gasteiger partial charge is 0.137 e. The Hall–Kier alpha value is -3.53. The Kier molecular flexibility index (Phi) is 5.11. The van der Waals surface area contributed by atoms with Crippen LogP contribution < -0.4 is 10.1 Å². The Morgan fingerprint density at radius 3 is 2.46 bits per heavy atom. The zero-order chi connectivity index (χ0) is 19.3. The van der Waals surface area contributed by atoms with Crippen LogP contribution in [0.25, 0.3) is 22.3 Å². The van der Waals surface area contributed by atoms with Gasteiger partial charge in [0, 0.05) is 23.6 Å². The van der Waals surface area contributed by atoms with Crippen molar-refractivity contribution in [3.05, 3.63) is 89.8 Å². The zero-order valence-electron chi connectivity index (χ0n) is 15.6. The zero-order valence-corrected chi connectivity index (χ0v) is 15.6. The van der Waals surface area contributed by atoms with Crippen molar-refractivity contribution in [3.63, 3.8) is 0 Å². The lowest BCUT2D eigenvalue weighted by molar-refractivity contribution is 0.415. The number of aromatic hydroxyl groups is 1. The van der Waals surface area contributed by atoms with E-state index in [1.165, 1.54) is 5.56 Å². The van der Waals surface area contributed by atoms with Gasteiger partial charge in [-0.25, -0.2) is 0 Å². The Labute approximate surface area is 163 Å². The molecule has 28 heavy (non-hydrogen) atoms. The van der Waals surface area contributed by atoms with Gasteiger partial charge in [-0.1, -0.05) is 30.3 Å². The molecule has 0 atom stereocenters. The number of hydrogen-bond acceptors (Lipinski definition) is 4. The van der Waals surface area contributed by atoms with Crippen molar-refractivity contribution in [2.45, 2.75) is 6.42 Å². The summed E-state index contributed by atoms with van der Waals surface area (Å²) in [5, 5.41) is 11.5. The molecule has 1 heterocycles. The molecule has 4 nitrogen and oxygen atoms in total. The van der Waals surface area contributed by atoms with E-state index in [0.29, 0.717) is 12.1 Å². The fourth-order valence-corrected chi connectivity index (χ4v) is 3.14. The largest absolute Gasteiger partial charge is 0.508 e. The number of ether oxygens (including phenoxy) is 1. The molecule has 0 spiro atoms. The van der Waals surface area contributed by atoms with Crippen molar-refractivity contribution in [3.8, 4) is 22.8 Å². The minimum atomic E-state index is 0.194. The molecule has 0 unspecified atom stereocenters. The van der Waals surface area contributed by atoms with E-state index in [1.54, 1.807) is 25.3 Å². The molecule has 0 radical (unpaired) electrons. The first-order valence-corrected chi connectivity index (χ1v) is 9.19. The SMILES string of the molecule is COc1ccc(-c2cc(=NCCc3ccccc3)c3cc(O)ccc3o2)cc1. The number of nitrogens with zero attached hydrogens (tertiary/aromatic N) is 1. The predicted octanol–water partition coefficient (Wildman–Crippen LogP) is 4.96. The summed E-state index contributed by atoms with van der Waals surface area (Å²) in [7, 11) is 1.64. The summed E-state index contributed by atoms with van der Waals surface area (Å²) in [5.74, 6) is 1.71. The van der Waals surface area contributed by atoms with Gasteiger partial charge in [-0.3, -0.25) is 4.99 Å². The molecule has 0 aliphatic rings. The van der Waals surface area contributed by atoms with Gasteiger partial charge in [0.15, 0.2) is 0 Å². The second-order valence-corrected chi connectivity index (χ2v) is 6.52. The maximum Gasteiger partial charge on any atom is 0.137 e. The molecule has 140 valence electrons. The second-order valence-electron chi connectivity index (χ2n) is 6.52. The van der Waals surface area contributed by atoms with Crippen LogP contribution in [0.4, 0.5) is 0 Å². The summed E-state index contributed by atoms with van der Waals surface area (Å²) < 4.78 is 11.3. The normalized spacial score (nSPS) is 11.7. The van der Waals surface area contributed by atoms with Crippen molar-refractivity contribution in [1.82, 2.24) is 0 Å². The third-order valence-corrected chi connectivity index (χ3v) is 4.63. The number of hydrogen-bond donors (Lipinski definition) is 1. The van der Waals surface area contributed by atoms with Crippen molar-refractivity contribution in [1.29, 1.82) is 0 Å². The maximum atomic E-state index is 9.90. The molecular weight excluding hydrogens is 350 g/mol. The summed E-state index contributed by atoms with van der Waals surface area (Å²) in [6, 6.07) is 25.0. The first-order valence-electron chi connectivity index (χ1n) is 9.19. The van der Waals surface area contributed by atoms with Gasteiger partial charge in [0.05, 0.1) is 12.5 Å². The first-order chi connectivity index (χ1) is 13.7. The van der Waals surface area contributed by atoms with Gasteiger partial charge in [-0.15, -0.1) is 0 Å². The Morgan fingerprint density at radius 2 is 1.71 bits per heavy atom. The predicted molar refractivity (Wildman–Crippen MR) is 110 cm³/mol. The van der Waals surface area contributed by atoms with Crippen LogP contribution in [-0.4, -0.2) is 18.8 Å². The Bertz CT molecular complexity index is 1150. The minimum absolute atomic E-state index is 0.194. The number of phenols is 1. The molecule has 1 aromatic heterocycles. The van der Waals surface area contributed by atoms with Gasteiger partial charge < -0.3 is 14.3 Å². The lowest BCUT2D eigenvalue weighted by Crippen LogP contribution is -2.06. The molecule has 3 aromatic carbocycles. The second kappa shape index (κ2) is 8.01. The van der Waals surface area contributed by atoms with Gasteiger partial charge in [0.2, 0.25) is 0 Å². The fraction of sp³-hybridized carbons (Fsp3) is 0.125. The molecule has 0 saturated carbocycles. The van der Waals surface area contributed by atoms with Crippen molar-refractivity contribution in [2.75, 3.05) is 13.7 Å². The minimum Gasteiger partial charge on any atom is -0.508 e. The lowest BCUT2D eigenvalue weighted by Gasteiger charge is -2.07.